The van der Waals surface area contributed by atoms with E-state index < -0.39 is 5.41 Å². The Kier molecular flexibility index (Phi) is 8.37. The van der Waals surface area contributed by atoms with E-state index in [-0.39, 0.29) is 14.0 Å². The summed E-state index contributed by atoms with van der Waals surface area (Å²) in [6, 6.07) is 0. The Morgan fingerprint density at radius 2 is 2.00 bits per heavy atom. The molecule has 1 N–H and O–H groups in total. The van der Waals surface area contributed by atoms with Gasteiger partial charge in [0.1, 0.15) is 6.61 Å². The van der Waals surface area contributed by atoms with Crippen LogP contribution in [-0.2, 0) is 9.53 Å². The molecule has 1 fully saturated rings. The molecule has 7 heteroatoms. The van der Waals surface area contributed by atoms with E-state index in [1.165, 1.54) is 11.4 Å². The number of esters is 1. The molecule has 0 aromatic heterocycles. The first-order chi connectivity index (χ1) is 9.45. The minimum Gasteiger partial charge on any atom is -0.464 e. The quantitative estimate of drug-likeness (QED) is 0.414. The van der Waals surface area contributed by atoms with E-state index in [9.17, 15) is 4.79 Å². The van der Waals surface area contributed by atoms with E-state index in [4.69, 9.17) is 9.63 Å². The number of rotatable bonds is 8. The van der Waals surface area contributed by atoms with E-state index in [0.717, 1.165) is 39.1 Å². The summed E-state index contributed by atoms with van der Waals surface area (Å²) in [4.78, 5) is 25.5. The number of carbonyl (C=O) groups excluding carboxylic acids is 1. The maximum atomic E-state index is 12.0. The third-order valence-electron chi connectivity index (χ3n) is 3.68. The number of carbonyl (C=O) groups is 1. The standard InChI is InChI=1S/C13H27N2O3PS/c1-13(2,12(16)18-10-11-20-19-17)4-5-15-8-6-14(3)7-9-15/h17,19H,4-11H2,1-3H3. The van der Waals surface area contributed by atoms with E-state index in [1.54, 1.807) is 0 Å². The smallest absolute Gasteiger partial charge is 0.311 e. The zero-order valence-electron chi connectivity index (χ0n) is 12.7. The summed E-state index contributed by atoms with van der Waals surface area (Å²) in [5.41, 5.74) is -0.435. The van der Waals surface area contributed by atoms with Crippen molar-refractivity contribution in [1.29, 1.82) is 0 Å². The second-order valence-corrected chi connectivity index (χ2v) is 8.15. The second-order valence-electron chi connectivity index (χ2n) is 5.85. The molecule has 0 amide bonds. The van der Waals surface area contributed by atoms with Crippen molar-refractivity contribution in [2.75, 3.05) is 52.1 Å². The Balaban J connectivity index is 2.23. The number of hydrogen-bond donors (Lipinski definition) is 1. The highest BCUT2D eigenvalue weighted by Crippen LogP contribution is 2.25. The van der Waals surface area contributed by atoms with E-state index >= 15 is 0 Å². The predicted molar refractivity (Wildman–Crippen MR) is 86.3 cm³/mol. The zero-order valence-corrected chi connectivity index (χ0v) is 14.5. The van der Waals surface area contributed by atoms with Crippen molar-refractivity contribution in [2.24, 2.45) is 5.41 Å². The fraction of sp³-hybridized carbons (Fsp3) is 0.923. The lowest BCUT2D eigenvalue weighted by atomic mass is 9.89. The van der Waals surface area contributed by atoms with Crippen LogP contribution in [0.3, 0.4) is 0 Å². The molecule has 1 saturated heterocycles. The van der Waals surface area contributed by atoms with Crippen LogP contribution >= 0.6 is 19.4 Å². The molecule has 0 bridgehead atoms. The second kappa shape index (κ2) is 9.21. The largest absolute Gasteiger partial charge is 0.464 e. The topological polar surface area (TPSA) is 53.0 Å². The van der Waals surface area contributed by atoms with E-state index in [2.05, 4.69) is 16.8 Å². The normalized spacial score (nSPS) is 18.8. The van der Waals surface area contributed by atoms with Crippen molar-refractivity contribution < 1.29 is 14.4 Å². The average molecular weight is 322 g/mol. The van der Waals surface area contributed by atoms with Gasteiger partial charge in [0.25, 0.3) is 0 Å². The molecule has 0 aliphatic carbocycles. The molecule has 0 spiro atoms. The monoisotopic (exact) mass is 322 g/mol. The molecule has 1 unspecified atom stereocenters. The third-order valence-corrected chi connectivity index (χ3v) is 5.18. The fourth-order valence-corrected chi connectivity index (χ4v) is 2.81. The Labute approximate surface area is 128 Å². The molecule has 0 aromatic rings. The Bertz CT molecular complexity index is 297. The lowest BCUT2D eigenvalue weighted by Crippen LogP contribution is -2.45. The van der Waals surface area contributed by atoms with Crippen LogP contribution in [0.25, 0.3) is 0 Å². The maximum Gasteiger partial charge on any atom is 0.311 e. The highest BCUT2D eigenvalue weighted by molar-refractivity contribution is 8.47. The Hall–Kier alpha value is 0.130. The van der Waals surface area contributed by atoms with Gasteiger partial charge in [0.2, 0.25) is 0 Å². The van der Waals surface area contributed by atoms with Gasteiger partial charge in [-0.1, -0.05) is 0 Å². The minimum absolute atomic E-state index is 0.131. The Morgan fingerprint density at radius 3 is 2.60 bits per heavy atom. The lowest BCUT2D eigenvalue weighted by Gasteiger charge is -2.34. The molecule has 5 nitrogen and oxygen atoms in total. The first-order valence-electron chi connectivity index (χ1n) is 7.05. The molecule has 1 aliphatic rings. The number of likely N-dealkylation sites (N-methyl/N-ethyl adjacent to an activating group) is 1. The van der Waals surface area contributed by atoms with E-state index in [1.807, 2.05) is 13.8 Å². The number of hydrogen-bond acceptors (Lipinski definition) is 6. The van der Waals surface area contributed by atoms with Crippen LogP contribution in [0.4, 0.5) is 0 Å². The molecule has 1 heterocycles. The van der Waals surface area contributed by atoms with Gasteiger partial charge in [-0.25, -0.2) is 0 Å². The van der Waals surface area contributed by atoms with Gasteiger partial charge in [-0.3, -0.25) is 4.79 Å². The fourth-order valence-electron chi connectivity index (χ4n) is 2.03. The highest BCUT2D eigenvalue weighted by atomic mass is 32.7. The molecule has 118 valence electrons. The van der Waals surface area contributed by atoms with Gasteiger partial charge < -0.3 is 19.4 Å². The molecule has 0 radical (unpaired) electrons. The molecule has 1 rings (SSSR count). The molecule has 0 aromatic carbocycles. The SMILES string of the molecule is CN1CCN(CCC(C)(C)C(=O)OCCSPO)CC1. The number of nitrogens with zero attached hydrogens (tertiary/aromatic N) is 2. The van der Waals surface area contributed by atoms with Gasteiger partial charge in [-0.05, 0) is 33.9 Å². The zero-order chi connectivity index (χ0) is 15.0. The summed E-state index contributed by atoms with van der Waals surface area (Å²) in [5.74, 6) is 0.531. The molecular weight excluding hydrogens is 295 g/mol. The van der Waals surface area contributed by atoms with Crippen LogP contribution in [0.1, 0.15) is 20.3 Å². The average Bonchev–Trinajstić information content (AvgIpc) is 2.43. The van der Waals surface area contributed by atoms with Crippen molar-refractivity contribution in [3.63, 3.8) is 0 Å². The summed E-state index contributed by atoms with van der Waals surface area (Å²) in [7, 11) is 2.01. The molecule has 1 atom stereocenters. The summed E-state index contributed by atoms with van der Waals surface area (Å²) < 4.78 is 5.27. The summed E-state index contributed by atoms with van der Waals surface area (Å²) >= 11 is 1.39. The van der Waals surface area contributed by atoms with E-state index in [0.29, 0.717) is 12.4 Å². The first-order valence-corrected chi connectivity index (χ1v) is 9.70. The Morgan fingerprint density at radius 1 is 1.35 bits per heavy atom. The maximum absolute atomic E-state index is 12.0. The van der Waals surface area contributed by atoms with Gasteiger partial charge >= 0.3 is 5.97 Å². The molecule has 20 heavy (non-hydrogen) atoms. The highest BCUT2D eigenvalue weighted by Gasteiger charge is 2.30. The van der Waals surface area contributed by atoms with Gasteiger partial charge in [-0.2, -0.15) is 0 Å². The number of piperazine rings is 1. The summed E-state index contributed by atoms with van der Waals surface area (Å²) in [6.07, 6.45) is 0.824. The summed E-state index contributed by atoms with van der Waals surface area (Å²) in [5, 5.41) is 0. The molecule has 0 saturated carbocycles. The van der Waals surface area contributed by atoms with Crippen LogP contribution in [0.2, 0.25) is 0 Å². The lowest BCUT2D eigenvalue weighted by molar-refractivity contribution is -0.153. The van der Waals surface area contributed by atoms with Gasteiger partial charge in [0.15, 0.2) is 0 Å². The van der Waals surface area contributed by atoms with Crippen molar-refractivity contribution in [3.05, 3.63) is 0 Å². The first kappa shape index (κ1) is 18.2. The van der Waals surface area contributed by atoms with Gasteiger partial charge in [0, 0.05) is 31.9 Å². The van der Waals surface area contributed by atoms with Crippen molar-refractivity contribution in [3.8, 4) is 0 Å². The predicted octanol–water partition coefficient (Wildman–Crippen LogP) is 1.43. The van der Waals surface area contributed by atoms with Crippen LogP contribution < -0.4 is 0 Å². The van der Waals surface area contributed by atoms with Crippen molar-refractivity contribution in [2.45, 2.75) is 20.3 Å². The minimum atomic E-state index is -0.435. The third kappa shape index (κ3) is 6.72. The van der Waals surface area contributed by atoms with Crippen LogP contribution in [0.15, 0.2) is 0 Å². The molecule has 1 aliphatic heterocycles. The number of ether oxygens (including phenoxy) is 1. The van der Waals surface area contributed by atoms with Crippen molar-refractivity contribution in [1.82, 2.24) is 9.80 Å². The van der Waals surface area contributed by atoms with Gasteiger partial charge in [-0.15, -0.1) is 11.4 Å². The van der Waals surface area contributed by atoms with Crippen LogP contribution in [0, 0.1) is 5.41 Å². The molecular formula is C13H27N2O3PS. The van der Waals surface area contributed by atoms with Crippen LogP contribution in [-0.4, -0.2) is 72.8 Å². The van der Waals surface area contributed by atoms with Crippen LogP contribution in [0.5, 0.6) is 0 Å². The van der Waals surface area contributed by atoms with Gasteiger partial charge in [0.05, 0.1) is 13.4 Å². The van der Waals surface area contributed by atoms with Crippen molar-refractivity contribution >= 4 is 25.4 Å². The summed E-state index contributed by atoms with van der Waals surface area (Å²) in [6.45, 7) is 9.59.